The van der Waals surface area contributed by atoms with Gasteiger partial charge in [-0.05, 0) is 19.3 Å². The number of amides is 1. The Morgan fingerprint density at radius 3 is 1.53 bits per heavy atom. The van der Waals surface area contributed by atoms with Crippen LogP contribution in [-0.2, 0) is 23.7 Å². The van der Waals surface area contributed by atoms with E-state index in [2.05, 4.69) is 19.2 Å². The monoisotopic (exact) mass is 862 g/mol. The maximum Gasteiger partial charge on any atom is 0.220 e. The molecule has 14 nitrogen and oxygen atoms in total. The van der Waals surface area contributed by atoms with Crippen LogP contribution in [0.2, 0.25) is 0 Å². The zero-order valence-electron chi connectivity index (χ0n) is 37.2. The molecule has 2 fully saturated rings. The van der Waals surface area contributed by atoms with Crippen molar-refractivity contribution in [1.29, 1.82) is 0 Å². The van der Waals surface area contributed by atoms with Crippen molar-refractivity contribution in [2.45, 2.75) is 254 Å². The summed E-state index contributed by atoms with van der Waals surface area (Å²) < 4.78 is 22.6. The lowest BCUT2D eigenvalue weighted by Gasteiger charge is -2.46. The van der Waals surface area contributed by atoms with Crippen LogP contribution in [0.3, 0.4) is 0 Å². The van der Waals surface area contributed by atoms with Gasteiger partial charge >= 0.3 is 0 Å². The molecule has 60 heavy (non-hydrogen) atoms. The van der Waals surface area contributed by atoms with Crippen LogP contribution in [0.5, 0.6) is 0 Å². The van der Waals surface area contributed by atoms with Crippen LogP contribution in [0, 0.1) is 0 Å². The fraction of sp³-hybridized carbons (Fsp3) is 0.935. The number of hydrogen-bond donors (Lipinski definition) is 9. The number of carbonyl (C=O) groups excluding carboxylic acids is 1. The Bertz CT molecular complexity index is 1070. The fourth-order valence-corrected chi connectivity index (χ4v) is 8.00. The Kier molecular flexibility index (Phi) is 31.3. The average molecular weight is 862 g/mol. The van der Waals surface area contributed by atoms with E-state index in [4.69, 9.17) is 18.9 Å². The number of hydrogen-bond acceptors (Lipinski definition) is 13. The molecular weight excluding hydrogens is 774 g/mol. The second-order valence-electron chi connectivity index (χ2n) is 17.2. The highest BCUT2D eigenvalue weighted by atomic mass is 16.7. The van der Waals surface area contributed by atoms with E-state index >= 15 is 0 Å². The summed E-state index contributed by atoms with van der Waals surface area (Å²) in [5, 5.41) is 86.5. The van der Waals surface area contributed by atoms with Gasteiger partial charge in [0.05, 0.1) is 32.0 Å². The van der Waals surface area contributed by atoms with Crippen LogP contribution < -0.4 is 5.32 Å². The molecule has 0 aliphatic carbocycles. The zero-order chi connectivity index (χ0) is 44.0. The Morgan fingerprint density at radius 2 is 1.03 bits per heavy atom. The first-order chi connectivity index (χ1) is 29.1. The van der Waals surface area contributed by atoms with Gasteiger partial charge in [-0.25, -0.2) is 0 Å². The fourth-order valence-electron chi connectivity index (χ4n) is 8.00. The number of aliphatic hydroxyl groups is 8. The van der Waals surface area contributed by atoms with E-state index in [0.29, 0.717) is 6.42 Å². The van der Waals surface area contributed by atoms with Gasteiger partial charge in [0.25, 0.3) is 0 Å². The summed E-state index contributed by atoms with van der Waals surface area (Å²) in [7, 11) is 0. The van der Waals surface area contributed by atoms with Gasteiger partial charge in [0.2, 0.25) is 5.91 Å². The van der Waals surface area contributed by atoms with Crippen LogP contribution in [0.15, 0.2) is 12.2 Å². The lowest BCUT2D eigenvalue weighted by atomic mass is 9.97. The molecule has 0 saturated carbocycles. The highest BCUT2D eigenvalue weighted by molar-refractivity contribution is 5.76. The second kappa shape index (κ2) is 34.2. The number of rotatable bonds is 36. The van der Waals surface area contributed by atoms with Crippen LogP contribution >= 0.6 is 0 Å². The first-order valence-electron chi connectivity index (χ1n) is 23.9. The quantitative estimate of drug-likeness (QED) is 0.0292. The number of nitrogens with one attached hydrogen (secondary N) is 1. The number of carbonyl (C=O) groups is 1. The maximum atomic E-state index is 13.1. The summed E-state index contributed by atoms with van der Waals surface area (Å²) in [5.74, 6) is -0.240. The van der Waals surface area contributed by atoms with Gasteiger partial charge < -0.3 is 65.1 Å². The molecule has 0 radical (unpaired) electrons. The maximum absolute atomic E-state index is 13.1. The smallest absolute Gasteiger partial charge is 0.220 e. The van der Waals surface area contributed by atoms with Crippen LogP contribution in [0.4, 0.5) is 0 Å². The molecule has 0 bridgehead atoms. The van der Waals surface area contributed by atoms with E-state index < -0.39 is 86.8 Å². The molecule has 12 unspecified atom stereocenters. The van der Waals surface area contributed by atoms with Crippen molar-refractivity contribution in [3.05, 3.63) is 12.2 Å². The largest absolute Gasteiger partial charge is 0.394 e. The number of unbranched alkanes of at least 4 members (excludes halogenated alkanes) is 23. The summed E-state index contributed by atoms with van der Waals surface area (Å²) >= 11 is 0. The standard InChI is InChI=1S/C46H87NO13/c1-3-5-7-9-11-13-15-17-18-20-22-24-26-28-30-38(51)47-34(35(50)29-27-25-23-21-19-16-14-12-10-8-6-4-2)33-57-45-43(56)41(54)44(37(32-49)59-45)60-46-42(55)40(53)39(52)36(31-48)58-46/h27,29,34-37,39-46,48-50,52-56H,3-26,28,30-33H2,1-2H3,(H,47,51)/b29-27+. The van der Waals surface area contributed by atoms with Gasteiger partial charge in [0.1, 0.15) is 48.8 Å². The molecule has 1 amide bonds. The normalized spacial score (nSPS) is 28.3. The minimum atomic E-state index is -1.78. The molecular formula is C46H87NO13. The van der Waals surface area contributed by atoms with E-state index in [1.165, 1.54) is 116 Å². The molecule has 0 aromatic carbocycles. The van der Waals surface area contributed by atoms with Gasteiger partial charge in [0, 0.05) is 6.42 Å². The summed E-state index contributed by atoms with van der Waals surface area (Å²) in [6, 6.07) is -0.906. The van der Waals surface area contributed by atoms with Gasteiger partial charge in [-0.3, -0.25) is 4.79 Å². The molecule has 0 spiro atoms. The zero-order valence-corrected chi connectivity index (χ0v) is 37.2. The topological polar surface area (TPSA) is 228 Å². The lowest BCUT2D eigenvalue weighted by Crippen LogP contribution is -2.65. The molecule has 2 aliphatic rings. The SMILES string of the molecule is CCCCCCCCCCCC/C=C/C(O)C(COC1OC(CO)C(OC2OC(CO)C(O)C(O)C2O)C(O)C1O)NC(=O)CCCCCCCCCCCCCCCC. The van der Waals surface area contributed by atoms with Crippen molar-refractivity contribution in [3.63, 3.8) is 0 Å². The Hall–Kier alpha value is -1.27. The van der Waals surface area contributed by atoms with Crippen molar-refractivity contribution >= 4 is 5.91 Å². The van der Waals surface area contributed by atoms with Gasteiger partial charge in [-0.2, -0.15) is 0 Å². The van der Waals surface area contributed by atoms with E-state index in [9.17, 15) is 45.6 Å². The molecule has 354 valence electrons. The average Bonchev–Trinajstić information content (AvgIpc) is 3.24. The number of ether oxygens (including phenoxy) is 4. The molecule has 0 aromatic heterocycles. The molecule has 0 aromatic rings. The molecule has 2 rings (SSSR count). The third-order valence-corrected chi connectivity index (χ3v) is 12.0. The first kappa shape index (κ1) is 54.9. The first-order valence-corrected chi connectivity index (χ1v) is 23.9. The Labute approximate surface area is 361 Å². The molecule has 14 heteroatoms. The van der Waals surface area contributed by atoms with E-state index in [1.807, 2.05) is 6.08 Å². The Balaban J connectivity index is 1.88. The summed E-state index contributed by atoms with van der Waals surface area (Å²) in [6.45, 7) is 2.76. The highest BCUT2D eigenvalue weighted by Gasteiger charge is 2.51. The molecule has 2 heterocycles. The molecule has 2 aliphatic heterocycles. The summed E-state index contributed by atoms with van der Waals surface area (Å²) in [4.78, 5) is 13.1. The third kappa shape index (κ3) is 21.9. The number of aliphatic hydroxyl groups excluding tert-OH is 8. The van der Waals surface area contributed by atoms with E-state index in [0.717, 1.165) is 38.5 Å². The van der Waals surface area contributed by atoms with E-state index in [1.54, 1.807) is 6.08 Å². The molecule has 2 saturated heterocycles. The van der Waals surface area contributed by atoms with E-state index in [-0.39, 0.29) is 18.9 Å². The van der Waals surface area contributed by atoms with Crippen molar-refractivity contribution < 1.29 is 64.6 Å². The predicted octanol–water partition coefficient (Wildman–Crippen LogP) is 5.21. The third-order valence-electron chi connectivity index (χ3n) is 12.0. The summed E-state index contributed by atoms with van der Waals surface area (Å²) in [6.07, 6.45) is 16.8. The van der Waals surface area contributed by atoms with Crippen molar-refractivity contribution in [3.8, 4) is 0 Å². The van der Waals surface area contributed by atoms with Crippen molar-refractivity contribution in [1.82, 2.24) is 5.32 Å². The minimum absolute atomic E-state index is 0.240. The van der Waals surface area contributed by atoms with Crippen molar-refractivity contribution in [2.24, 2.45) is 0 Å². The van der Waals surface area contributed by atoms with Crippen LogP contribution in [0.25, 0.3) is 0 Å². The second-order valence-corrected chi connectivity index (χ2v) is 17.2. The predicted molar refractivity (Wildman–Crippen MR) is 231 cm³/mol. The minimum Gasteiger partial charge on any atom is -0.394 e. The van der Waals surface area contributed by atoms with Gasteiger partial charge in [0.15, 0.2) is 12.6 Å². The van der Waals surface area contributed by atoms with Gasteiger partial charge in [-0.1, -0.05) is 167 Å². The van der Waals surface area contributed by atoms with Gasteiger partial charge in [-0.15, -0.1) is 0 Å². The summed E-state index contributed by atoms with van der Waals surface area (Å²) in [5.41, 5.74) is 0. The lowest BCUT2D eigenvalue weighted by molar-refractivity contribution is -0.359. The molecule has 9 N–H and O–H groups in total. The Morgan fingerprint density at radius 1 is 0.583 bits per heavy atom. The van der Waals surface area contributed by atoms with Crippen molar-refractivity contribution in [2.75, 3.05) is 19.8 Å². The highest BCUT2D eigenvalue weighted by Crippen LogP contribution is 2.30. The molecule has 12 atom stereocenters. The van der Waals surface area contributed by atoms with Crippen LogP contribution in [-0.4, -0.2) is 140 Å². The van der Waals surface area contributed by atoms with Crippen LogP contribution in [0.1, 0.15) is 181 Å². The number of allylic oxidation sites excluding steroid dienone is 1.